The van der Waals surface area contributed by atoms with Crippen LogP contribution < -0.4 is 0 Å². The Kier molecular flexibility index (Phi) is 3.26. The van der Waals surface area contributed by atoms with Crippen molar-refractivity contribution < 1.29 is 4.79 Å². The van der Waals surface area contributed by atoms with Crippen LogP contribution in [0.25, 0.3) is 5.03 Å². The lowest BCUT2D eigenvalue weighted by molar-refractivity contribution is -0.104. The monoisotopic (exact) mass is 194 g/mol. The van der Waals surface area contributed by atoms with Crippen LogP contribution in [0.2, 0.25) is 0 Å². The zero-order chi connectivity index (χ0) is 9.84. The summed E-state index contributed by atoms with van der Waals surface area (Å²) in [6, 6.07) is 7.75. The predicted octanol–water partition coefficient (Wildman–Crippen LogP) is 3.16. The zero-order valence-corrected chi connectivity index (χ0v) is 8.43. The maximum Gasteiger partial charge on any atom is 0.147 e. The van der Waals surface area contributed by atoms with E-state index < -0.39 is 0 Å². The Bertz CT molecular complexity index is 336. The first-order valence-corrected chi connectivity index (χ1v) is 4.41. The van der Waals surface area contributed by atoms with E-state index in [1.807, 2.05) is 31.2 Å². The van der Waals surface area contributed by atoms with Crippen LogP contribution in [-0.4, -0.2) is 6.29 Å². The number of aldehydes is 1. The maximum atomic E-state index is 10.4. The molecule has 0 amide bonds. The first kappa shape index (κ1) is 10.0. The van der Waals surface area contributed by atoms with E-state index in [4.69, 9.17) is 11.6 Å². The molecule has 0 aliphatic carbocycles. The highest BCUT2D eigenvalue weighted by Gasteiger charge is 2.00. The molecule has 0 fully saturated rings. The van der Waals surface area contributed by atoms with Crippen molar-refractivity contribution in [3.05, 3.63) is 41.0 Å². The number of carbonyl (C=O) groups is 1. The van der Waals surface area contributed by atoms with E-state index in [0.717, 1.165) is 11.8 Å². The summed E-state index contributed by atoms with van der Waals surface area (Å²) in [5, 5.41) is 0.523. The Morgan fingerprint density at radius 3 is 2.31 bits per heavy atom. The summed E-state index contributed by atoms with van der Waals surface area (Å²) in [5.74, 6) is 0. The van der Waals surface area contributed by atoms with Crippen LogP contribution in [0.4, 0.5) is 0 Å². The normalized spacial score (nSPS) is 12.2. The average molecular weight is 195 g/mol. The predicted molar refractivity (Wildman–Crippen MR) is 55.7 cm³/mol. The first-order valence-electron chi connectivity index (χ1n) is 4.03. The molecule has 0 radical (unpaired) electrons. The van der Waals surface area contributed by atoms with Gasteiger partial charge in [-0.3, -0.25) is 4.79 Å². The minimum Gasteiger partial charge on any atom is -0.298 e. The fourth-order valence-corrected chi connectivity index (χ4v) is 1.15. The molecule has 1 nitrogen and oxygen atoms in total. The van der Waals surface area contributed by atoms with Crippen LogP contribution in [0.1, 0.15) is 18.1 Å². The SMILES string of the molecule is C/C(C=O)=C(\Cl)c1ccc(C)cc1. The molecule has 0 bridgehead atoms. The van der Waals surface area contributed by atoms with Gasteiger partial charge in [0.15, 0.2) is 0 Å². The van der Waals surface area contributed by atoms with Crippen LogP contribution in [0.3, 0.4) is 0 Å². The molecule has 0 saturated carbocycles. The van der Waals surface area contributed by atoms with Gasteiger partial charge < -0.3 is 0 Å². The molecule has 13 heavy (non-hydrogen) atoms. The van der Waals surface area contributed by atoms with Crippen molar-refractivity contribution in [3.8, 4) is 0 Å². The summed E-state index contributed by atoms with van der Waals surface area (Å²) < 4.78 is 0. The summed E-state index contributed by atoms with van der Waals surface area (Å²) in [6.07, 6.45) is 0.766. The molecular formula is C11H11ClO. The number of halogens is 1. The third-order valence-electron chi connectivity index (χ3n) is 1.83. The number of benzene rings is 1. The van der Waals surface area contributed by atoms with E-state index in [2.05, 4.69) is 0 Å². The van der Waals surface area contributed by atoms with Crippen molar-refractivity contribution in [1.82, 2.24) is 0 Å². The second kappa shape index (κ2) is 4.24. The third kappa shape index (κ3) is 2.43. The number of carbonyl (C=O) groups excluding carboxylic acids is 1. The van der Waals surface area contributed by atoms with E-state index in [0.29, 0.717) is 10.6 Å². The average Bonchev–Trinajstić information content (AvgIpc) is 2.17. The topological polar surface area (TPSA) is 17.1 Å². The van der Waals surface area contributed by atoms with Crippen molar-refractivity contribution in [3.63, 3.8) is 0 Å². The molecule has 0 unspecified atom stereocenters. The number of aryl methyl sites for hydroxylation is 1. The Hall–Kier alpha value is -1.08. The summed E-state index contributed by atoms with van der Waals surface area (Å²) in [5.41, 5.74) is 2.62. The highest BCUT2D eigenvalue weighted by molar-refractivity contribution is 6.50. The molecule has 0 heterocycles. The van der Waals surface area contributed by atoms with Crippen molar-refractivity contribution >= 4 is 22.9 Å². The third-order valence-corrected chi connectivity index (χ3v) is 2.34. The van der Waals surface area contributed by atoms with Gasteiger partial charge in [-0.2, -0.15) is 0 Å². The van der Waals surface area contributed by atoms with Gasteiger partial charge in [-0.05, 0) is 19.4 Å². The van der Waals surface area contributed by atoms with Crippen LogP contribution in [0.5, 0.6) is 0 Å². The van der Waals surface area contributed by atoms with Gasteiger partial charge in [-0.25, -0.2) is 0 Å². The Balaban J connectivity index is 3.09. The smallest absolute Gasteiger partial charge is 0.147 e. The van der Waals surface area contributed by atoms with Gasteiger partial charge in [0.05, 0.1) is 5.03 Å². The Morgan fingerprint density at radius 1 is 1.31 bits per heavy atom. The molecule has 1 rings (SSSR count). The maximum absolute atomic E-state index is 10.4. The molecule has 0 atom stereocenters. The highest BCUT2D eigenvalue weighted by atomic mass is 35.5. The molecular weight excluding hydrogens is 184 g/mol. The van der Waals surface area contributed by atoms with Gasteiger partial charge in [-0.1, -0.05) is 41.4 Å². The lowest BCUT2D eigenvalue weighted by Gasteiger charge is -2.00. The molecule has 0 saturated heterocycles. The molecule has 0 spiro atoms. The van der Waals surface area contributed by atoms with E-state index in [1.54, 1.807) is 6.92 Å². The van der Waals surface area contributed by atoms with Gasteiger partial charge in [0.1, 0.15) is 6.29 Å². The van der Waals surface area contributed by atoms with Gasteiger partial charge in [0.2, 0.25) is 0 Å². The Labute approximate surface area is 83.0 Å². The van der Waals surface area contributed by atoms with Gasteiger partial charge in [0, 0.05) is 5.57 Å². The van der Waals surface area contributed by atoms with Gasteiger partial charge in [-0.15, -0.1) is 0 Å². The second-order valence-electron chi connectivity index (χ2n) is 2.98. The number of allylic oxidation sites excluding steroid dienone is 1. The zero-order valence-electron chi connectivity index (χ0n) is 7.67. The largest absolute Gasteiger partial charge is 0.298 e. The summed E-state index contributed by atoms with van der Waals surface area (Å²) in [7, 11) is 0. The first-order chi connectivity index (χ1) is 6.15. The lowest BCUT2D eigenvalue weighted by atomic mass is 10.1. The molecule has 1 aromatic carbocycles. The van der Waals surface area contributed by atoms with Gasteiger partial charge >= 0.3 is 0 Å². The van der Waals surface area contributed by atoms with Gasteiger partial charge in [0.25, 0.3) is 0 Å². The molecule has 0 aromatic heterocycles. The van der Waals surface area contributed by atoms with E-state index in [9.17, 15) is 4.79 Å². The van der Waals surface area contributed by atoms with E-state index in [-0.39, 0.29) is 0 Å². The number of hydrogen-bond acceptors (Lipinski definition) is 1. The Morgan fingerprint density at radius 2 is 1.85 bits per heavy atom. The van der Waals surface area contributed by atoms with Crippen LogP contribution in [0, 0.1) is 6.92 Å². The van der Waals surface area contributed by atoms with E-state index in [1.165, 1.54) is 5.56 Å². The standard InChI is InChI=1S/C11H11ClO/c1-8-3-5-10(6-4-8)11(12)9(2)7-13/h3-7H,1-2H3/b11-9+. The summed E-state index contributed by atoms with van der Waals surface area (Å²) in [6.45, 7) is 3.71. The fraction of sp³-hybridized carbons (Fsp3) is 0.182. The van der Waals surface area contributed by atoms with Crippen molar-refractivity contribution in [1.29, 1.82) is 0 Å². The van der Waals surface area contributed by atoms with Crippen LogP contribution in [-0.2, 0) is 4.79 Å². The highest BCUT2D eigenvalue weighted by Crippen LogP contribution is 2.22. The molecule has 0 aliphatic rings. The number of hydrogen-bond donors (Lipinski definition) is 0. The summed E-state index contributed by atoms with van der Waals surface area (Å²) >= 11 is 5.96. The molecule has 2 heteroatoms. The summed E-state index contributed by atoms with van der Waals surface area (Å²) in [4.78, 5) is 10.4. The minimum absolute atomic E-state index is 0.523. The molecule has 68 valence electrons. The second-order valence-corrected chi connectivity index (χ2v) is 3.36. The van der Waals surface area contributed by atoms with Crippen molar-refractivity contribution in [2.45, 2.75) is 13.8 Å². The molecule has 1 aromatic rings. The lowest BCUT2D eigenvalue weighted by Crippen LogP contribution is -1.84. The van der Waals surface area contributed by atoms with Crippen molar-refractivity contribution in [2.24, 2.45) is 0 Å². The molecule has 0 aliphatic heterocycles. The quantitative estimate of drug-likeness (QED) is 0.522. The minimum atomic E-state index is 0.523. The van der Waals surface area contributed by atoms with E-state index >= 15 is 0 Å². The van der Waals surface area contributed by atoms with Crippen LogP contribution in [0.15, 0.2) is 29.8 Å². The van der Waals surface area contributed by atoms with Crippen LogP contribution >= 0.6 is 11.6 Å². The fourth-order valence-electron chi connectivity index (χ4n) is 0.979. The molecule has 0 N–H and O–H groups in total. The number of rotatable bonds is 2. The van der Waals surface area contributed by atoms with Crippen molar-refractivity contribution in [2.75, 3.05) is 0 Å².